The van der Waals surface area contributed by atoms with Gasteiger partial charge in [-0.15, -0.1) is 0 Å². The van der Waals surface area contributed by atoms with Crippen LogP contribution in [-0.2, 0) is 4.74 Å². The zero-order chi connectivity index (χ0) is 13.7. The average Bonchev–Trinajstić information content (AvgIpc) is 2.43. The van der Waals surface area contributed by atoms with Crippen LogP contribution in [0.4, 0.5) is 16.2 Å². The monoisotopic (exact) mass is 274 g/mol. The van der Waals surface area contributed by atoms with Crippen molar-refractivity contribution in [2.24, 2.45) is 0 Å². The van der Waals surface area contributed by atoms with E-state index in [9.17, 15) is 4.79 Å². The third-order valence-corrected chi connectivity index (χ3v) is 2.83. The molecule has 0 heterocycles. The molecular weight excluding hydrogens is 262 g/mol. The van der Waals surface area contributed by atoms with Crippen LogP contribution < -0.4 is 4.90 Å². The summed E-state index contributed by atoms with van der Waals surface area (Å²) < 4.78 is 4.97. The van der Waals surface area contributed by atoms with Crippen LogP contribution in [0.1, 0.15) is 6.92 Å². The van der Waals surface area contributed by atoms with E-state index < -0.39 is 6.09 Å². The lowest BCUT2D eigenvalue weighted by atomic mass is 10.2. The van der Waals surface area contributed by atoms with Gasteiger partial charge in [-0.05, 0) is 31.2 Å². The fourth-order valence-electron chi connectivity index (χ4n) is 1.71. The molecule has 0 spiro atoms. The second kappa shape index (κ2) is 6.25. The lowest BCUT2D eigenvalue weighted by Crippen LogP contribution is -2.26. The minimum Gasteiger partial charge on any atom is -0.442 e. The summed E-state index contributed by atoms with van der Waals surface area (Å²) in [6.45, 7) is 2.99. The molecule has 0 aromatic heterocycles. The average molecular weight is 275 g/mol. The first-order valence-corrected chi connectivity index (χ1v) is 6.20. The molecule has 1 amide bonds. The summed E-state index contributed by atoms with van der Waals surface area (Å²) in [7, 11) is 0. The zero-order valence-electron chi connectivity index (χ0n) is 10.4. The second-order valence-corrected chi connectivity index (χ2v) is 4.15. The van der Waals surface area contributed by atoms with E-state index in [1.165, 1.54) is 11.5 Å². The number of hydrogen-bond acceptors (Lipinski definition) is 2. The molecule has 0 N–H and O–H groups in total. The van der Waals surface area contributed by atoms with Crippen LogP contribution in [0.15, 0.2) is 54.6 Å². The van der Waals surface area contributed by atoms with Gasteiger partial charge in [0.25, 0.3) is 0 Å². The SMILES string of the molecule is C[CH]OC(=O)N(c1ccccc1)c1ccccc1Cl. The molecule has 4 heteroatoms. The molecule has 0 aliphatic carbocycles. The first kappa shape index (κ1) is 13.4. The third kappa shape index (κ3) is 3.06. The number of nitrogens with zero attached hydrogens (tertiary/aromatic N) is 1. The molecule has 19 heavy (non-hydrogen) atoms. The van der Waals surface area contributed by atoms with Crippen molar-refractivity contribution in [3.8, 4) is 0 Å². The van der Waals surface area contributed by atoms with Crippen molar-refractivity contribution in [3.63, 3.8) is 0 Å². The molecule has 0 aliphatic heterocycles. The topological polar surface area (TPSA) is 29.5 Å². The van der Waals surface area contributed by atoms with Gasteiger partial charge < -0.3 is 4.74 Å². The Morgan fingerprint density at radius 2 is 1.74 bits per heavy atom. The summed E-state index contributed by atoms with van der Waals surface area (Å²) in [5.41, 5.74) is 1.28. The van der Waals surface area contributed by atoms with Gasteiger partial charge in [0.05, 0.1) is 16.4 Å². The molecule has 0 bridgehead atoms. The van der Waals surface area contributed by atoms with Gasteiger partial charge in [0.2, 0.25) is 0 Å². The lowest BCUT2D eigenvalue weighted by Gasteiger charge is -2.22. The van der Waals surface area contributed by atoms with Gasteiger partial charge in [-0.3, -0.25) is 0 Å². The van der Waals surface area contributed by atoms with Gasteiger partial charge >= 0.3 is 6.09 Å². The molecule has 3 nitrogen and oxygen atoms in total. The molecule has 2 aromatic rings. The van der Waals surface area contributed by atoms with Crippen molar-refractivity contribution in [2.75, 3.05) is 4.90 Å². The van der Waals surface area contributed by atoms with Crippen LogP contribution in [0.25, 0.3) is 0 Å². The fraction of sp³-hybridized carbons (Fsp3) is 0.0667. The highest BCUT2D eigenvalue weighted by atomic mass is 35.5. The van der Waals surface area contributed by atoms with Crippen LogP contribution in [0, 0.1) is 6.61 Å². The first-order valence-electron chi connectivity index (χ1n) is 5.82. The van der Waals surface area contributed by atoms with Crippen molar-refractivity contribution in [3.05, 3.63) is 66.2 Å². The Morgan fingerprint density at radius 1 is 1.11 bits per heavy atom. The standard InChI is InChI=1S/C15H13ClNO2/c1-2-19-15(18)17(12-8-4-3-5-9-12)14-11-7-6-10-13(14)16/h2-11H,1H3. The van der Waals surface area contributed by atoms with E-state index in [1.807, 2.05) is 42.5 Å². The molecule has 0 unspecified atom stereocenters. The maximum Gasteiger partial charge on any atom is 0.419 e. The zero-order valence-corrected chi connectivity index (χ0v) is 11.2. The molecular formula is C15H13ClNO2. The van der Waals surface area contributed by atoms with E-state index >= 15 is 0 Å². The predicted molar refractivity (Wildman–Crippen MR) is 76.5 cm³/mol. The number of carbonyl (C=O) groups is 1. The van der Waals surface area contributed by atoms with Crippen molar-refractivity contribution >= 4 is 29.1 Å². The number of rotatable bonds is 3. The highest BCUT2D eigenvalue weighted by Crippen LogP contribution is 2.32. The second-order valence-electron chi connectivity index (χ2n) is 3.74. The summed E-state index contributed by atoms with van der Waals surface area (Å²) in [4.78, 5) is 13.5. The molecule has 0 saturated heterocycles. The Kier molecular flexibility index (Phi) is 4.42. The van der Waals surface area contributed by atoms with Gasteiger partial charge in [-0.2, -0.15) is 0 Å². The van der Waals surface area contributed by atoms with Crippen molar-refractivity contribution in [2.45, 2.75) is 6.92 Å². The Bertz CT molecular complexity index is 557. The first-order chi connectivity index (χ1) is 9.24. The molecule has 1 radical (unpaired) electrons. The van der Waals surface area contributed by atoms with Crippen molar-refractivity contribution in [1.29, 1.82) is 0 Å². The van der Waals surface area contributed by atoms with E-state index in [0.717, 1.165) is 0 Å². The van der Waals surface area contributed by atoms with E-state index in [4.69, 9.17) is 16.3 Å². The summed E-state index contributed by atoms with van der Waals surface area (Å²) in [5, 5.41) is 0.486. The van der Waals surface area contributed by atoms with E-state index in [1.54, 1.807) is 19.1 Å². The minimum absolute atomic E-state index is 0.486. The number of ether oxygens (including phenoxy) is 1. The van der Waals surface area contributed by atoms with Crippen molar-refractivity contribution in [1.82, 2.24) is 0 Å². The Morgan fingerprint density at radius 3 is 2.37 bits per heavy atom. The number of benzene rings is 2. The molecule has 0 fully saturated rings. The maximum atomic E-state index is 12.1. The van der Waals surface area contributed by atoms with Gasteiger partial charge in [0.15, 0.2) is 0 Å². The molecule has 0 saturated carbocycles. The normalized spacial score (nSPS) is 10.0. The smallest absolute Gasteiger partial charge is 0.419 e. The van der Waals surface area contributed by atoms with E-state index in [-0.39, 0.29) is 0 Å². The Labute approximate surface area is 117 Å². The summed E-state index contributed by atoms with van der Waals surface area (Å²) in [6, 6.07) is 16.4. The van der Waals surface area contributed by atoms with Gasteiger partial charge in [-0.1, -0.05) is 41.9 Å². The molecule has 2 rings (SSSR count). The van der Waals surface area contributed by atoms with Crippen LogP contribution in [0.5, 0.6) is 0 Å². The predicted octanol–water partition coefficient (Wildman–Crippen LogP) is 4.80. The molecule has 97 valence electrons. The van der Waals surface area contributed by atoms with Gasteiger partial charge in [0, 0.05) is 0 Å². The number of carbonyl (C=O) groups excluding carboxylic acids is 1. The maximum absolute atomic E-state index is 12.1. The molecule has 0 atom stereocenters. The summed E-state index contributed by atoms with van der Waals surface area (Å²) >= 11 is 6.15. The quantitative estimate of drug-likeness (QED) is 0.805. The molecule has 0 aliphatic rings. The number of halogens is 1. The number of para-hydroxylation sites is 2. The van der Waals surface area contributed by atoms with Crippen LogP contribution >= 0.6 is 11.6 Å². The number of amides is 1. The molecule has 2 aromatic carbocycles. The van der Waals surface area contributed by atoms with Crippen LogP contribution in [0.2, 0.25) is 5.02 Å². The lowest BCUT2D eigenvalue weighted by molar-refractivity contribution is 0.183. The van der Waals surface area contributed by atoms with E-state index in [0.29, 0.717) is 16.4 Å². The summed E-state index contributed by atoms with van der Waals surface area (Å²) in [6.07, 6.45) is -0.498. The van der Waals surface area contributed by atoms with Crippen LogP contribution in [-0.4, -0.2) is 6.09 Å². The van der Waals surface area contributed by atoms with Crippen molar-refractivity contribution < 1.29 is 9.53 Å². The van der Waals surface area contributed by atoms with Gasteiger partial charge in [-0.25, -0.2) is 9.69 Å². The third-order valence-electron chi connectivity index (χ3n) is 2.51. The number of anilines is 2. The highest BCUT2D eigenvalue weighted by molar-refractivity contribution is 6.34. The Balaban J connectivity index is 2.46. The number of hydrogen-bond donors (Lipinski definition) is 0. The van der Waals surface area contributed by atoms with Gasteiger partial charge in [0.1, 0.15) is 6.61 Å². The highest BCUT2D eigenvalue weighted by Gasteiger charge is 2.21. The summed E-state index contributed by atoms with van der Waals surface area (Å²) in [5.74, 6) is 0. The Hall–Kier alpha value is -2.00. The fourth-order valence-corrected chi connectivity index (χ4v) is 1.93. The minimum atomic E-state index is -0.498. The van der Waals surface area contributed by atoms with Crippen LogP contribution in [0.3, 0.4) is 0 Å². The largest absolute Gasteiger partial charge is 0.442 e. The van der Waals surface area contributed by atoms with E-state index in [2.05, 4.69) is 0 Å².